The van der Waals surface area contributed by atoms with Crippen molar-refractivity contribution in [1.29, 1.82) is 5.26 Å². The van der Waals surface area contributed by atoms with Gasteiger partial charge in [0, 0.05) is 23.4 Å². The summed E-state index contributed by atoms with van der Waals surface area (Å²) in [6.07, 6.45) is -4.71. The van der Waals surface area contributed by atoms with Crippen molar-refractivity contribution in [2.24, 2.45) is 0 Å². The summed E-state index contributed by atoms with van der Waals surface area (Å²) < 4.78 is 55.6. The third-order valence-corrected chi connectivity index (χ3v) is 5.38. The molecule has 7 heteroatoms. The molecular formula is C24H26F4N2O. The topological polar surface area (TPSA) is 59.8 Å². The van der Waals surface area contributed by atoms with Crippen molar-refractivity contribution < 1.29 is 22.7 Å². The van der Waals surface area contributed by atoms with Gasteiger partial charge in [0.25, 0.3) is 0 Å². The lowest BCUT2D eigenvalue weighted by Crippen LogP contribution is -2.50. The average Bonchev–Trinajstić information content (AvgIpc) is 3.00. The van der Waals surface area contributed by atoms with Gasteiger partial charge in [-0.25, -0.2) is 4.39 Å². The van der Waals surface area contributed by atoms with Gasteiger partial charge in [-0.1, -0.05) is 32.6 Å². The number of hydrogen-bond donors (Lipinski definition) is 2. The summed E-state index contributed by atoms with van der Waals surface area (Å²) in [6.45, 7) is 10.1. The Morgan fingerprint density at radius 3 is 2.45 bits per heavy atom. The molecule has 1 atom stereocenters. The van der Waals surface area contributed by atoms with E-state index in [-0.39, 0.29) is 11.3 Å². The van der Waals surface area contributed by atoms with E-state index in [2.05, 4.69) is 11.6 Å². The number of aromatic amines is 1. The number of aliphatic hydroxyl groups is 1. The number of allylic oxidation sites excluding steroid dienone is 3. The molecule has 1 unspecified atom stereocenters. The third-order valence-electron chi connectivity index (χ3n) is 5.38. The Hall–Kier alpha value is -2.85. The molecule has 2 rings (SSSR count). The van der Waals surface area contributed by atoms with Crippen LogP contribution < -0.4 is 0 Å². The summed E-state index contributed by atoms with van der Waals surface area (Å²) in [5.74, 6) is -0.549. The molecule has 1 aromatic heterocycles. The fourth-order valence-corrected chi connectivity index (χ4v) is 3.82. The van der Waals surface area contributed by atoms with Crippen molar-refractivity contribution in [3.05, 3.63) is 76.9 Å². The van der Waals surface area contributed by atoms with Gasteiger partial charge in [0.15, 0.2) is 5.60 Å². The predicted octanol–water partition coefficient (Wildman–Crippen LogP) is 6.15. The minimum absolute atomic E-state index is 0.206. The lowest BCUT2D eigenvalue weighted by atomic mass is 9.73. The van der Waals surface area contributed by atoms with Gasteiger partial charge < -0.3 is 10.1 Å². The number of H-pyrrole nitrogens is 1. The summed E-state index contributed by atoms with van der Waals surface area (Å²) in [4.78, 5) is 2.91. The molecule has 166 valence electrons. The Bertz CT molecular complexity index is 1040. The molecule has 0 bridgehead atoms. The fourth-order valence-electron chi connectivity index (χ4n) is 3.82. The highest BCUT2D eigenvalue weighted by Gasteiger charge is 2.56. The van der Waals surface area contributed by atoms with Crippen LogP contribution in [0.1, 0.15) is 49.7 Å². The molecule has 1 aromatic carbocycles. The van der Waals surface area contributed by atoms with Gasteiger partial charge in [-0.15, -0.1) is 0 Å². The van der Waals surface area contributed by atoms with Crippen LogP contribution in [0.4, 0.5) is 17.6 Å². The standard InChI is InChI=1S/C24H26F4N2O/c1-15(13-29)9-16(2)21-11-20(30-17(21)3)12-23(31,24(26,27)28)14-22(4,5)18-7-6-8-19(25)10-18/h6-11,30-31H,1,12,14H2,2-5H3/b16-9-. The van der Waals surface area contributed by atoms with E-state index < -0.39 is 35.9 Å². The number of hydrogen-bond acceptors (Lipinski definition) is 2. The van der Waals surface area contributed by atoms with Crippen LogP contribution in [0.3, 0.4) is 0 Å². The molecule has 31 heavy (non-hydrogen) atoms. The molecule has 2 aromatic rings. The number of aryl methyl sites for hydroxylation is 1. The van der Waals surface area contributed by atoms with E-state index >= 15 is 0 Å². The van der Waals surface area contributed by atoms with E-state index in [0.29, 0.717) is 22.4 Å². The van der Waals surface area contributed by atoms with E-state index in [4.69, 9.17) is 5.26 Å². The number of nitrogens with one attached hydrogen (secondary N) is 1. The summed E-state index contributed by atoms with van der Waals surface area (Å²) in [6, 6.07) is 8.82. The Morgan fingerprint density at radius 2 is 1.90 bits per heavy atom. The zero-order chi connectivity index (χ0) is 23.6. The minimum atomic E-state index is -4.91. The van der Waals surface area contributed by atoms with Crippen LogP contribution in [0, 0.1) is 24.1 Å². The highest BCUT2D eigenvalue weighted by molar-refractivity contribution is 5.69. The number of halogens is 4. The first-order chi connectivity index (χ1) is 14.2. The van der Waals surface area contributed by atoms with E-state index in [9.17, 15) is 22.7 Å². The molecular weight excluding hydrogens is 408 g/mol. The molecule has 0 fully saturated rings. The molecule has 0 aliphatic rings. The quantitative estimate of drug-likeness (QED) is 0.312. The van der Waals surface area contributed by atoms with Gasteiger partial charge in [-0.05, 0) is 66.7 Å². The minimum Gasteiger partial charge on any atom is -0.380 e. The summed E-state index contributed by atoms with van der Waals surface area (Å²) >= 11 is 0. The largest absolute Gasteiger partial charge is 0.417 e. The first-order valence-corrected chi connectivity index (χ1v) is 9.70. The summed E-state index contributed by atoms with van der Waals surface area (Å²) in [7, 11) is 0. The molecule has 1 heterocycles. The highest BCUT2D eigenvalue weighted by Crippen LogP contribution is 2.43. The molecule has 3 nitrogen and oxygen atoms in total. The third kappa shape index (κ3) is 5.65. The van der Waals surface area contributed by atoms with Crippen molar-refractivity contribution in [1.82, 2.24) is 4.98 Å². The molecule has 0 spiro atoms. The van der Waals surface area contributed by atoms with Crippen LogP contribution in [0.25, 0.3) is 5.57 Å². The van der Waals surface area contributed by atoms with Gasteiger partial charge in [0.2, 0.25) is 0 Å². The normalized spacial score (nSPS) is 14.8. The molecule has 2 N–H and O–H groups in total. The van der Waals surface area contributed by atoms with Gasteiger partial charge >= 0.3 is 6.18 Å². The maximum atomic E-state index is 14.0. The Morgan fingerprint density at radius 1 is 1.26 bits per heavy atom. The van der Waals surface area contributed by atoms with Gasteiger partial charge in [0.1, 0.15) is 5.82 Å². The predicted molar refractivity (Wildman–Crippen MR) is 113 cm³/mol. The van der Waals surface area contributed by atoms with Crippen LogP contribution in [-0.4, -0.2) is 21.9 Å². The van der Waals surface area contributed by atoms with Crippen molar-refractivity contribution in [3.8, 4) is 6.07 Å². The Balaban J connectivity index is 2.40. The van der Waals surface area contributed by atoms with Gasteiger partial charge in [0.05, 0.1) is 6.07 Å². The summed E-state index contributed by atoms with van der Waals surface area (Å²) in [5, 5.41) is 19.7. The van der Waals surface area contributed by atoms with Crippen molar-refractivity contribution >= 4 is 5.57 Å². The lowest BCUT2D eigenvalue weighted by molar-refractivity contribution is -0.266. The summed E-state index contributed by atoms with van der Waals surface area (Å²) in [5.41, 5.74) is -1.46. The first kappa shape index (κ1) is 24.4. The van der Waals surface area contributed by atoms with E-state index in [0.717, 1.165) is 0 Å². The van der Waals surface area contributed by atoms with Crippen molar-refractivity contribution in [2.75, 3.05) is 0 Å². The molecule has 0 saturated heterocycles. The van der Waals surface area contributed by atoms with Crippen LogP contribution in [0.2, 0.25) is 0 Å². The van der Waals surface area contributed by atoms with Gasteiger partial charge in [-0.2, -0.15) is 18.4 Å². The maximum absolute atomic E-state index is 14.0. The lowest BCUT2D eigenvalue weighted by Gasteiger charge is -2.38. The van der Waals surface area contributed by atoms with E-state index in [1.54, 1.807) is 39.8 Å². The monoisotopic (exact) mass is 434 g/mol. The zero-order valence-electron chi connectivity index (χ0n) is 18.0. The fraction of sp³-hybridized carbons (Fsp3) is 0.375. The van der Waals surface area contributed by atoms with Crippen LogP contribution >= 0.6 is 0 Å². The van der Waals surface area contributed by atoms with E-state index in [1.807, 2.05) is 6.07 Å². The second kappa shape index (κ2) is 8.72. The number of alkyl halides is 3. The number of benzene rings is 1. The Kier molecular flexibility index (Phi) is 6.87. The van der Waals surface area contributed by atoms with Crippen molar-refractivity contribution in [3.63, 3.8) is 0 Å². The maximum Gasteiger partial charge on any atom is 0.417 e. The average molecular weight is 434 g/mol. The number of nitrogens with zero attached hydrogens (tertiary/aromatic N) is 1. The second-order valence-electron chi connectivity index (χ2n) is 8.57. The smallest absolute Gasteiger partial charge is 0.380 e. The molecule has 0 saturated carbocycles. The van der Waals surface area contributed by atoms with Gasteiger partial charge in [-0.3, -0.25) is 0 Å². The number of rotatable bonds is 7. The zero-order valence-corrected chi connectivity index (χ0v) is 18.0. The first-order valence-electron chi connectivity index (χ1n) is 9.70. The van der Waals surface area contributed by atoms with E-state index in [1.165, 1.54) is 24.3 Å². The second-order valence-corrected chi connectivity index (χ2v) is 8.57. The van der Waals surface area contributed by atoms with Crippen LogP contribution in [-0.2, 0) is 11.8 Å². The molecule has 0 aliphatic carbocycles. The SMILES string of the molecule is C=C(C#N)/C=C(/C)c1cc(CC(O)(CC(C)(C)c2cccc(F)c2)C(F)(F)F)[nH]c1C. The van der Waals surface area contributed by atoms with Crippen LogP contribution in [0.5, 0.6) is 0 Å². The molecule has 0 radical (unpaired) electrons. The number of aromatic nitrogens is 1. The highest BCUT2D eigenvalue weighted by atomic mass is 19.4. The van der Waals surface area contributed by atoms with Crippen LogP contribution in [0.15, 0.2) is 48.6 Å². The molecule has 0 aliphatic heterocycles. The Labute approximate surface area is 179 Å². The van der Waals surface area contributed by atoms with Crippen molar-refractivity contribution in [2.45, 2.75) is 57.7 Å². The number of nitriles is 1. The molecule has 0 amide bonds.